The van der Waals surface area contributed by atoms with Crippen molar-refractivity contribution in [3.8, 4) is 11.4 Å². The van der Waals surface area contributed by atoms with Crippen molar-refractivity contribution in [2.75, 3.05) is 11.9 Å². The van der Waals surface area contributed by atoms with E-state index in [-0.39, 0.29) is 31.2 Å². The van der Waals surface area contributed by atoms with Gasteiger partial charge < -0.3 is 15.2 Å². The van der Waals surface area contributed by atoms with Crippen molar-refractivity contribution in [1.29, 1.82) is 0 Å². The van der Waals surface area contributed by atoms with Crippen LogP contribution < -0.4 is 10.6 Å². The molecular formula is C21H21ClN4O3. The zero-order valence-corrected chi connectivity index (χ0v) is 16.7. The van der Waals surface area contributed by atoms with Crippen molar-refractivity contribution in [3.63, 3.8) is 0 Å². The van der Waals surface area contributed by atoms with Crippen molar-refractivity contribution in [2.24, 2.45) is 0 Å². The molecule has 0 aliphatic rings. The molecule has 0 unspecified atom stereocenters. The van der Waals surface area contributed by atoms with Gasteiger partial charge in [-0.2, -0.15) is 4.98 Å². The summed E-state index contributed by atoms with van der Waals surface area (Å²) in [5.74, 6) is 0.245. The minimum Gasteiger partial charge on any atom is -0.347 e. The Hall–Kier alpha value is -3.19. The fourth-order valence-electron chi connectivity index (χ4n) is 2.71. The van der Waals surface area contributed by atoms with E-state index in [0.717, 1.165) is 23.2 Å². The fraction of sp³-hybridized carbons (Fsp3) is 0.238. The van der Waals surface area contributed by atoms with Crippen molar-refractivity contribution >= 4 is 29.1 Å². The molecule has 2 N–H and O–H groups in total. The standard InChI is InChI=1S/C21H21ClN4O3/c1-2-14-5-3-4-6-17(14)24-19(28)13-23-18(27)11-12-20-25-21(26-29-20)15-7-9-16(22)10-8-15/h3-10H,2,11-13H2,1H3,(H,23,27)(H,24,28). The van der Waals surface area contributed by atoms with Gasteiger partial charge in [0.1, 0.15) is 0 Å². The molecular weight excluding hydrogens is 392 g/mol. The highest BCUT2D eigenvalue weighted by molar-refractivity contribution is 6.30. The summed E-state index contributed by atoms with van der Waals surface area (Å²) in [6.45, 7) is 1.92. The Bertz CT molecular complexity index is 986. The SMILES string of the molecule is CCc1ccccc1NC(=O)CNC(=O)CCc1nc(-c2ccc(Cl)cc2)no1. The number of para-hydroxylation sites is 1. The second-order valence-corrected chi connectivity index (χ2v) is 6.79. The number of carbonyl (C=O) groups is 2. The Labute approximate surface area is 173 Å². The van der Waals surface area contributed by atoms with Gasteiger partial charge in [0.15, 0.2) is 0 Å². The van der Waals surface area contributed by atoms with E-state index in [0.29, 0.717) is 16.7 Å². The third-order valence-corrected chi connectivity index (χ3v) is 4.51. The lowest BCUT2D eigenvalue weighted by Gasteiger charge is -2.10. The molecule has 0 saturated heterocycles. The number of rotatable bonds is 8. The van der Waals surface area contributed by atoms with Gasteiger partial charge in [0.05, 0.1) is 6.54 Å². The Morgan fingerprint density at radius 1 is 1.07 bits per heavy atom. The van der Waals surface area contributed by atoms with Gasteiger partial charge >= 0.3 is 0 Å². The molecule has 1 heterocycles. The summed E-state index contributed by atoms with van der Waals surface area (Å²) in [5.41, 5.74) is 2.58. The van der Waals surface area contributed by atoms with Gasteiger partial charge in [-0.1, -0.05) is 41.9 Å². The molecule has 29 heavy (non-hydrogen) atoms. The zero-order valence-electron chi connectivity index (χ0n) is 15.9. The topological polar surface area (TPSA) is 97.1 Å². The van der Waals surface area contributed by atoms with Crippen LogP contribution in [0.1, 0.15) is 24.8 Å². The normalized spacial score (nSPS) is 10.6. The van der Waals surface area contributed by atoms with Crippen LogP contribution in [0.4, 0.5) is 5.69 Å². The quantitative estimate of drug-likeness (QED) is 0.588. The van der Waals surface area contributed by atoms with Crippen LogP contribution in [-0.4, -0.2) is 28.5 Å². The third kappa shape index (κ3) is 5.89. The Morgan fingerprint density at radius 3 is 2.59 bits per heavy atom. The average Bonchev–Trinajstić information content (AvgIpc) is 3.21. The number of halogens is 1. The van der Waals surface area contributed by atoms with Gasteiger partial charge in [-0.05, 0) is 42.3 Å². The minimum absolute atomic E-state index is 0.100. The number of benzene rings is 2. The highest BCUT2D eigenvalue weighted by Crippen LogP contribution is 2.19. The molecule has 3 aromatic rings. The predicted molar refractivity (Wildman–Crippen MR) is 111 cm³/mol. The number of carbonyl (C=O) groups excluding carboxylic acids is 2. The number of hydrogen-bond acceptors (Lipinski definition) is 5. The van der Waals surface area contributed by atoms with Crippen LogP contribution in [0.15, 0.2) is 53.1 Å². The van der Waals surface area contributed by atoms with Crippen molar-refractivity contribution in [2.45, 2.75) is 26.2 Å². The first-order chi connectivity index (χ1) is 14.0. The second kappa shape index (κ2) is 9.84. The van der Waals surface area contributed by atoms with Gasteiger partial charge in [0.25, 0.3) is 0 Å². The highest BCUT2D eigenvalue weighted by atomic mass is 35.5. The van der Waals surface area contributed by atoms with Crippen LogP contribution in [0.25, 0.3) is 11.4 Å². The molecule has 2 aromatic carbocycles. The lowest BCUT2D eigenvalue weighted by molar-refractivity contribution is -0.124. The lowest BCUT2D eigenvalue weighted by Crippen LogP contribution is -2.33. The van der Waals surface area contributed by atoms with E-state index in [1.165, 1.54) is 0 Å². The smallest absolute Gasteiger partial charge is 0.243 e. The molecule has 0 spiro atoms. The first-order valence-electron chi connectivity index (χ1n) is 9.28. The van der Waals surface area contributed by atoms with E-state index >= 15 is 0 Å². The number of aryl methyl sites for hydroxylation is 2. The van der Waals surface area contributed by atoms with Gasteiger partial charge in [0.2, 0.25) is 23.5 Å². The van der Waals surface area contributed by atoms with Crippen LogP contribution in [0.3, 0.4) is 0 Å². The van der Waals surface area contributed by atoms with Crippen LogP contribution in [-0.2, 0) is 22.4 Å². The molecule has 3 rings (SSSR count). The molecule has 0 bridgehead atoms. The summed E-state index contributed by atoms with van der Waals surface area (Å²) in [4.78, 5) is 28.4. The number of nitrogens with one attached hydrogen (secondary N) is 2. The van der Waals surface area contributed by atoms with E-state index < -0.39 is 0 Å². The van der Waals surface area contributed by atoms with Crippen molar-refractivity contribution in [3.05, 3.63) is 65.0 Å². The number of anilines is 1. The molecule has 0 aliphatic heterocycles. The average molecular weight is 413 g/mol. The zero-order chi connectivity index (χ0) is 20.6. The number of amides is 2. The fourth-order valence-corrected chi connectivity index (χ4v) is 2.83. The predicted octanol–water partition coefficient (Wildman–Crippen LogP) is 3.64. The number of nitrogens with zero attached hydrogens (tertiary/aromatic N) is 2. The summed E-state index contributed by atoms with van der Waals surface area (Å²) in [6, 6.07) is 14.6. The molecule has 7 nitrogen and oxygen atoms in total. The van der Waals surface area contributed by atoms with Crippen LogP contribution in [0, 0.1) is 0 Å². The lowest BCUT2D eigenvalue weighted by atomic mass is 10.1. The van der Waals surface area contributed by atoms with Crippen molar-refractivity contribution in [1.82, 2.24) is 15.5 Å². The highest BCUT2D eigenvalue weighted by Gasteiger charge is 2.12. The Kier molecular flexibility index (Phi) is 6.97. The molecule has 0 aliphatic carbocycles. The second-order valence-electron chi connectivity index (χ2n) is 6.35. The van der Waals surface area contributed by atoms with E-state index in [4.69, 9.17) is 16.1 Å². The summed E-state index contributed by atoms with van der Waals surface area (Å²) in [6.07, 6.45) is 1.23. The summed E-state index contributed by atoms with van der Waals surface area (Å²) in [5, 5.41) is 9.94. The van der Waals surface area contributed by atoms with Crippen LogP contribution >= 0.6 is 11.6 Å². The van der Waals surface area contributed by atoms with E-state index in [1.807, 2.05) is 31.2 Å². The molecule has 0 fully saturated rings. The summed E-state index contributed by atoms with van der Waals surface area (Å²) < 4.78 is 5.18. The summed E-state index contributed by atoms with van der Waals surface area (Å²) >= 11 is 5.86. The molecule has 2 amide bonds. The van der Waals surface area contributed by atoms with Crippen LogP contribution in [0.2, 0.25) is 5.02 Å². The molecule has 8 heteroatoms. The van der Waals surface area contributed by atoms with E-state index in [9.17, 15) is 9.59 Å². The molecule has 150 valence electrons. The maximum Gasteiger partial charge on any atom is 0.243 e. The summed E-state index contributed by atoms with van der Waals surface area (Å²) in [7, 11) is 0. The molecule has 1 aromatic heterocycles. The minimum atomic E-state index is -0.276. The van der Waals surface area contributed by atoms with Gasteiger partial charge in [-0.15, -0.1) is 0 Å². The molecule has 0 radical (unpaired) electrons. The van der Waals surface area contributed by atoms with Gasteiger partial charge in [-0.3, -0.25) is 9.59 Å². The molecule has 0 saturated carbocycles. The Balaban J connectivity index is 1.44. The first kappa shape index (κ1) is 20.5. The first-order valence-corrected chi connectivity index (χ1v) is 9.66. The maximum atomic E-state index is 12.1. The third-order valence-electron chi connectivity index (χ3n) is 4.25. The van der Waals surface area contributed by atoms with E-state index in [1.54, 1.807) is 24.3 Å². The number of aromatic nitrogens is 2. The number of hydrogen-bond donors (Lipinski definition) is 2. The maximum absolute atomic E-state index is 12.1. The van der Waals surface area contributed by atoms with Crippen LogP contribution in [0.5, 0.6) is 0 Å². The van der Waals surface area contributed by atoms with Gasteiger partial charge in [-0.25, -0.2) is 0 Å². The van der Waals surface area contributed by atoms with Crippen molar-refractivity contribution < 1.29 is 14.1 Å². The van der Waals surface area contributed by atoms with Gasteiger partial charge in [0, 0.05) is 29.1 Å². The largest absolute Gasteiger partial charge is 0.347 e. The Morgan fingerprint density at radius 2 is 1.83 bits per heavy atom. The monoisotopic (exact) mass is 412 g/mol. The van der Waals surface area contributed by atoms with E-state index in [2.05, 4.69) is 20.8 Å². The molecule has 0 atom stereocenters.